The third kappa shape index (κ3) is 3.22. The lowest BCUT2D eigenvalue weighted by atomic mass is 10.1. The van der Waals surface area contributed by atoms with Gasteiger partial charge in [0.15, 0.2) is 0 Å². The van der Waals surface area contributed by atoms with Crippen LogP contribution in [-0.2, 0) is 6.54 Å². The first-order valence-electron chi connectivity index (χ1n) is 8.62. The van der Waals surface area contributed by atoms with Crippen molar-refractivity contribution in [1.82, 2.24) is 14.1 Å². The van der Waals surface area contributed by atoms with Gasteiger partial charge in [0.25, 0.3) is 5.56 Å². The number of rotatable bonds is 5. The molecular weight excluding hydrogens is 350 g/mol. The summed E-state index contributed by atoms with van der Waals surface area (Å²) >= 11 is 1.57. The van der Waals surface area contributed by atoms with Crippen LogP contribution in [0.3, 0.4) is 0 Å². The smallest absolute Gasteiger partial charge is 0.338 e. The van der Waals surface area contributed by atoms with Gasteiger partial charge in [-0.25, -0.2) is 14.3 Å². The van der Waals surface area contributed by atoms with E-state index in [4.69, 9.17) is 0 Å². The van der Waals surface area contributed by atoms with Crippen LogP contribution < -0.4 is 11.2 Å². The Balaban J connectivity index is 1.71. The maximum atomic E-state index is 12.8. The van der Waals surface area contributed by atoms with Crippen molar-refractivity contribution >= 4 is 11.3 Å². The van der Waals surface area contributed by atoms with Gasteiger partial charge in [-0.05, 0) is 31.4 Å². The number of nitrogens with zero attached hydrogens (tertiary/aromatic N) is 3. The Bertz CT molecular complexity index is 1060. The minimum Gasteiger partial charge on any atom is -0.494 e. The number of hydrogen-bond donors (Lipinski definition) is 1. The molecular formula is C19H19N3O3S. The topological polar surface area (TPSA) is 77.1 Å². The normalized spacial score (nSPS) is 13.9. The molecule has 0 unspecified atom stereocenters. The van der Waals surface area contributed by atoms with E-state index < -0.39 is 11.2 Å². The fourth-order valence-corrected chi connectivity index (χ4v) is 3.63. The van der Waals surface area contributed by atoms with E-state index in [-0.39, 0.29) is 5.88 Å². The summed E-state index contributed by atoms with van der Waals surface area (Å²) in [5.41, 5.74) is 1.24. The van der Waals surface area contributed by atoms with Crippen LogP contribution in [0.25, 0.3) is 16.9 Å². The van der Waals surface area contributed by atoms with E-state index in [9.17, 15) is 14.7 Å². The summed E-state index contributed by atoms with van der Waals surface area (Å²) in [5, 5.41) is 13.0. The van der Waals surface area contributed by atoms with Crippen LogP contribution in [0.4, 0.5) is 0 Å². The summed E-state index contributed by atoms with van der Waals surface area (Å²) in [4.78, 5) is 29.5. The van der Waals surface area contributed by atoms with Crippen molar-refractivity contribution < 1.29 is 5.11 Å². The quantitative estimate of drug-likeness (QED) is 0.750. The minimum absolute atomic E-state index is 0.272. The fraction of sp³-hybridized carbons (Fsp3) is 0.316. The van der Waals surface area contributed by atoms with Crippen LogP contribution in [0, 0.1) is 12.8 Å². The molecule has 0 aliphatic heterocycles. The van der Waals surface area contributed by atoms with Crippen LogP contribution >= 0.6 is 11.3 Å². The lowest BCUT2D eigenvalue weighted by Gasteiger charge is -2.12. The standard InChI is InChI=1S/C19H19N3O3S/c1-12-20-16(11-26-12)14-4-6-15(7-5-14)22-18(24)10-17(23)21(19(22)25)9-8-13-2-3-13/h4-7,10-11,13,23H,2-3,8-9H2,1H3. The zero-order valence-electron chi connectivity index (χ0n) is 14.4. The average molecular weight is 369 g/mol. The molecule has 0 radical (unpaired) electrons. The molecule has 6 nitrogen and oxygen atoms in total. The second-order valence-electron chi connectivity index (χ2n) is 6.64. The third-order valence-corrected chi connectivity index (χ3v) is 5.44. The maximum Gasteiger partial charge on any atom is 0.338 e. The Kier molecular flexibility index (Phi) is 4.24. The molecule has 3 aromatic rings. The zero-order chi connectivity index (χ0) is 18.3. The van der Waals surface area contributed by atoms with Gasteiger partial charge in [-0.3, -0.25) is 9.36 Å². The van der Waals surface area contributed by atoms with Crippen molar-refractivity contribution in [2.75, 3.05) is 0 Å². The first-order chi connectivity index (χ1) is 12.5. The Morgan fingerprint density at radius 1 is 1.23 bits per heavy atom. The summed E-state index contributed by atoms with van der Waals surface area (Å²) in [6.45, 7) is 2.37. The van der Waals surface area contributed by atoms with E-state index in [0.29, 0.717) is 18.2 Å². The van der Waals surface area contributed by atoms with E-state index in [0.717, 1.165) is 33.3 Å². The summed E-state index contributed by atoms with van der Waals surface area (Å²) in [6, 6.07) is 8.25. The molecule has 1 N–H and O–H groups in total. The van der Waals surface area contributed by atoms with Gasteiger partial charge in [0, 0.05) is 17.5 Å². The van der Waals surface area contributed by atoms with Crippen molar-refractivity contribution in [2.45, 2.75) is 32.7 Å². The highest BCUT2D eigenvalue weighted by molar-refractivity contribution is 7.09. The SMILES string of the molecule is Cc1nc(-c2ccc(-n3c(=O)cc(O)n(CCC4CC4)c3=O)cc2)cs1. The Labute approximate surface area is 154 Å². The van der Waals surface area contributed by atoms with Gasteiger partial charge in [-0.15, -0.1) is 11.3 Å². The molecule has 2 aromatic heterocycles. The fourth-order valence-electron chi connectivity index (χ4n) is 3.01. The van der Waals surface area contributed by atoms with E-state index in [1.165, 1.54) is 17.4 Å². The van der Waals surface area contributed by atoms with E-state index in [1.54, 1.807) is 23.5 Å². The molecule has 26 heavy (non-hydrogen) atoms. The molecule has 1 aliphatic rings. The van der Waals surface area contributed by atoms with Gasteiger partial charge in [-0.1, -0.05) is 25.0 Å². The van der Waals surface area contributed by atoms with Crippen LogP contribution in [-0.4, -0.2) is 19.2 Å². The predicted molar refractivity (Wildman–Crippen MR) is 101 cm³/mol. The molecule has 1 aliphatic carbocycles. The lowest BCUT2D eigenvalue weighted by Crippen LogP contribution is -2.38. The number of aryl methyl sites for hydroxylation is 1. The van der Waals surface area contributed by atoms with Crippen LogP contribution in [0.1, 0.15) is 24.3 Å². The molecule has 0 saturated heterocycles. The van der Waals surface area contributed by atoms with E-state index in [1.807, 2.05) is 24.4 Å². The second kappa shape index (κ2) is 6.57. The molecule has 0 spiro atoms. The van der Waals surface area contributed by atoms with Gasteiger partial charge in [-0.2, -0.15) is 0 Å². The minimum atomic E-state index is -0.535. The first kappa shape index (κ1) is 16.8. The molecule has 134 valence electrons. The number of benzene rings is 1. The molecule has 4 rings (SSSR count). The highest BCUT2D eigenvalue weighted by Gasteiger charge is 2.22. The van der Waals surface area contributed by atoms with Crippen LogP contribution in [0.5, 0.6) is 5.88 Å². The highest BCUT2D eigenvalue weighted by atomic mass is 32.1. The Morgan fingerprint density at radius 3 is 2.58 bits per heavy atom. The summed E-state index contributed by atoms with van der Waals surface area (Å²) in [5.74, 6) is 0.356. The molecule has 1 aromatic carbocycles. The van der Waals surface area contributed by atoms with Gasteiger partial charge in [0.05, 0.1) is 22.5 Å². The van der Waals surface area contributed by atoms with Gasteiger partial charge in [0.2, 0.25) is 5.88 Å². The lowest BCUT2D eigenvalue weighted by molar-refractivity contribution is 0.388. The molecule has 2 heterocycles. The van der Waals surface area contributed by atoms with Crippen molar-refractivity contribution in [1.29, 1.82) is 0 Å². The Hall–Kier alpha value is -2.67. The number of hydrogen-bond acceptors (Lipinski definition) is 5. The maximum absolute atomic E-state index is 12.8. The zero-order valence-corrected chi connectivity index (χ0v) is 15.2. The van der Waals surface area contributed by atoms with Crippen molar-refractivity contribution in [3.05, 3.63) is 61.6 Å². The largest absolute Gasteiger partial charge is 0.494 e. The highest BCUT2D eigenvalue weighted by Crippen LogP contribution is 2.32. The molecule has 0 amide bonds. The van der Waals surface area contributed by atoms with Crippen molar-refractivity contribution in [2.24, 2.45) is 5.92 Å². The summed E-state index contributed by atoms with van der Waals surface area (Å²) in [7, 11) is 0. The van der Waals surface area contributed by atoms with Gasteiger partial charge >= 0.3 is 5.69 Å². The molecule has 7 heteroatoms. The first-order valence-corrected chi connectivity index (χ1v) is 9.49. The van der Waals surface area contributed by atoms with Gasteiger partial charge < -0.3 is 5.11 Å². The third-order valence-electron chi connectivity index (χ3n) is 4.67. The second-order valence-corrected chi connectivity index (χ2v) is 7.70. The number of thiazole rings is 1. The van der Waals surface area contributed by atoms with Crippen molar-refractivity contribution in [3.63, 3.8) is 0 Å². The summed E-state index contributed by atoms with van der Waals surface area (Å²) < 4.78 is 2.38. The molecule has 0 bridgehead atoms. The molecule has 1 saturated carbocycles. The predicted octanol–water partition coefficient (Wildman–Crippen LogP) is 2.94. The monoisotopic (exact) mass is 369 g/mol. The molecule has 1 fully saturated rings. The molecule has 0 atom stereocenters. The van der Waals surface area contributed by atoms with E-state index >= 15 is 0 Å². The van der Waals surface area contributed by atoms with E-state index in [2.05, 4.69) is 4.98 Å². The average Bonchev–Trinajstić information content (AvgIpc) is 3.34. The van der Waals surface area contributed by atoms with Crippen LogP contribution in [0.15, 0.2) is 45.3 Å². The van der Waals surface area contributed by atoms with Crippen LogP contribution in [0.2, 0.25) is 0 Å². The summed E-state index contributed by atoms with van der Waals surface area (Å²) in [6.07, 6.45) is 3.19. The van der Waals surface area contributed by atoms with Gasteiger partial charge in [0.1, 0.15) is 0 Å². The van der Waals surface area contributed by atoms with Crippen molar-refractivity contribution in [3.8, 4) is 22.8 Å². The Morgan fingerprint density at radius 2 is 1.96 bits per heavy atom. The number of aromatic nitrogens is 3. The number of aromatic hydroxyl groups is 1.